The summed E-state index contributed by atoms with van der Waals surface area (Å²) in [4.78, 5) is 0. The van der Waals surface area contributed by atoms with Gasteiger partial charge < -0.3 is 0 Å². The minimum Gasteiger partial charge on any atom is -0.207 e. The van der Waals surface area contributed by atoms with E-state index in [-0.39, 0.29) is 35.7 Å². The molecule has 0 spiro atoms. The number of benzene rings is 1. The average Bonchev–Trinajstić information content (AvgIpc) is 1.80. The van der Waals surface area contributed by atoms with Gasteiger partial charge in [-0.3, -0.25) is 0 Å². The van der Waals surface area contributed by atoms with Gasteiger partial charge in [-0.1, -0.05) is 23.2 Å². The molecular weight excluding hydrogens is 233 g/mol. The van der Waals surface area contributed by atoms with Crippen molar-refractivity contribution >= 4 is 48.0 Å². The van der Waals surface area contributed by atoms with E-state index in [2.05, 4.69) is 0 Å². The van der Waals surface area contributed by atoms with Crippen molar-refractivity contribution in [3.8, 4) is 0 Å². The third kappa shape index (κ3) is 4.02. The largest absolute Gasteiger partial charge is 0.207 e. The zero-order valence-electron chi connectivity index (χ0n) is 5.18. The summed E-state index contributed by atoms with van der Waals surface area (Å²) in [5.41, 5.74) is 0. The number of rotatable bonds is 0. The fourth-order valence-electron chi connectivity index (χ4n) is 0.470. The van der Waals surface area contributed by atoms with Gasteiger partial charge in [0.15, 0.2) is 0 Å². The van der Waals surface area contributed by atoms with E-state index in [0.29, 0.717) is 5.02 Å². The summed E-state index contributed by atoms with van der Waals surface area (Å²) in [5, 5.41) is 0.620. The number of halogens is 5. The van der Waals surface area contributed by atoms with Gasteiger partial charge in [-0.15, -0.1) is 24.8 Å². The molecule has 0 aliphatic heterocycles. The second-order valence-corrected chi connectivity index (χ2v) is 2.37. The fourth-order valence-corrected chi connectivity index (χ4v) is 0.755. The molecule has 0 nitrogen and oxygen atoms in total. The third-order valence-corrected chi connectivity index (χ3v) is 1.62. The van der Waals surface area contributed by atoms with Crippen molar-refractivity contribution in [2.45, 2.75) is 0 Å². The van der Waals surface area contributed by atoms with E-state index < -0.39 is 0 Å². The van der Waals surface area contributed by atoms with Crippen molar-refractivity contribution in [1.29, 1.82) is 0 Å². The molecule has 11 heavy (non-hydrogen) atoms. The lowest BCUT2D eigenvalue weighted by molar-refractivity contribution is 0.628. The van der Waals surface area contributed by atoms with Gasteiger partial charge in [0.2, 0.25) is 0 Å². The second kappa shape index (κ2) is 5.90. The molecule has 0 aliphatic carbocycles. The standard InChI is InChI=1S/C6H3Cl2F.2ClH/c7-5-2-1-4(9)3-6(5)8;;/h1-3H;2*1H. The lowest BCUT2D eigenvalue weighted by Crippen LogP contribution is -1.71. The Balaban J connectivity index is 0. The van der Waals surface area contributed by atoms with E-state index in [1.54, 1.807) is 0 Å². The molecule has 0 fully saturated rings. The van der Waals surface area contributed by atoms with Crippen molar-refractivity contribution in [1.82, 2.24) is 0 Å². The Bertz CT molecular complexity index is 226. The van der Waals surface area contributed by atoms with E-state index in [9.17, 15) is 4.39 Å². The van der Waals surface area contributed by atoms with Crippen LogP contribution in [0, 0.1) is 5.82 Å². The molecule has 0 saturated heterocycles. The molecule has 1 aromatic rings. The van der Waals surface area contributed by atoms with E-state index >= 15 is 0 Å². The molecule has 1 rings (SSSR count). The van der Waals surface area contributed by atoms with Crippen LogP contribution >= 0.6 is 48.0 Å². The topological polar surface area (TPSA) is 0 Å². The van der Waals surface area contributed by atoms with Crippen molar-refractivity contribution in [2.75, 3.05) is 0 Å². The summed E-state index contributed by atoms with van der Waals surface area (Å²) in [5.74, 6) is -0.371. The molecule has 0 heterocycles. The predicted molar refractivity (Wildman–Crippen MR) is 50.9 cm³/mol. The molecular formula is C6H5Cl4F. The van der Waals surface area contributed by atoms with Crippen LogP contribution in [0.5, 0.6) is 0 Å². The van der Waals surface area contributed by atoms with Gasteiger partial charge in [0.1, 0.15) is 5.82 Å². The highest BCUT2D eigenvalue weighted by Gasteiger charge is 1.96. The van der Waals surface area contributed by atoms with Gasteiger partial charge in [-0.05, 0) is 18.2 Å². The average molecular weight is 238 g/mol. The lowest BCUT2D eigenvalue weighted by Gasteiger charge is -1.91. The zero-order chi connectivity index (χ0) is 6.85. The first-order valence-corrected chi connectivity index (χ1v) is 3.06. The lowest BCUT2D eigenvalue weighted by atomic mass is 10.3. The molecule has 0 aromatic heterocycles. The maximum atomic E-state index is 12.2. The van der Waals surface area contributed by atoms with Crippen molar-refractivity contribution in [2.24, 2.45) is 0 Å². The van der Waals surface area contributed by atoms with Gasteiger partial charge >= 0.3 is 0 Å². The molecule has 0 aliphatic rings. The molecule has 64 valence electrons. The Kier molecular flexibility index (Phi) is 7.44. The van der Waals surface area contributed by atoms with Gasteiger partial charge in [-0.2, -0.15) is 0 Å². The SMILES string of the molecule is Cl.Cl.Fc1ccc(Cl)c(Cl)c1. The monoisotopic (exact) mass is 236 g/mol. The first kappa shape index (κ1) is 13.9. The summed E-state index contributed by atoms with van der Waals surface area (Å²) in [6.07, 6.45) is 0. The molecule has 5 heteroatoms. The van der Waals surface area contributed by atoms with Crippen molar-refractivity contribution in [3.05, 3.63) is 34.1 Å². The van der Waals surface area contributed by atoms with Crippen molar-refractivity contribution in [3.63, 3.8) is 0 Å². The highest BCUT2D eigenvalue weighted by Crippen LogP contribution is 2.21. The molecule has 0 radical (unpaired) electrons. The minimum absolute atomic E-state index is 0. The highest BCUT2D eigenvalue weighted by molar-refractivity contribution is 6.41. The molecule has 0 unspecified atom stereocenters. The highest BCUT2D eigenvalue weighted by atomic mass is 35.5. The molecule has 1 aromatic carbocycles. The summed E-state index contributed by atoms with van der Waals surface area (Å²) in [6, 6.07) is 3.84. The van der Waals surface area contributed by atoms with E-state index in [1.807, 2.05) is 0 Å². The van der Waals surface area contributed by atoms with E-state index in [4.69, 9.17) is 23.2 Å². The Morgan fingerprint density at radius 1 is 1.00 bits per heavy atom. The Morgan fingerprint density at radius 3 is 1.91 bits per heavy atom. The summed E-state index contributed by atoms with van der Waals surface area (Å²) in [6.45, 7) is 0. The van der Waals surface area contributed by atoms with Gasteiger partial charge in [-0.25, -0.2) is 4.39 Å². The summed E-state index contributed by atoms with van der Waals surface area (Å²) in [7, 11) is 0. The first-order chi connectivity index (χ1) is 4.20. The third-order valence-electron chi connectivity index (χ3n) is 0.882. The van der Waals surface area contributed by atoms with Crippen LogP contribution in [0.25, 0.3) is 0 Å². The first-order valence-electron chi connectivity index (χ1n) is 2.30. The van der Waals surface area contributed by atoms with Crippen LogP contribution in [-0.2, 0) is 0 Å². The smallest absolute Gasteiger partial charge is 0.124 e. The Hall–Kier alpha value is 0.310. The predicted octanol–water partition coefficient (Wildman–Crippen LogP) is 3.98. The van der Waals surface area contributed by atoms with Crippen LogP contribution in [-0.4, -0.2) is 0 Å². The fraction of sp³-hybridized carbons (Fsp3) is 0. The number of hydrogen-bond acceptors (Lipinski definition) is 0. The quantitative estimate of drug-likeness (QED) is 0.599. The van der Waals surface area contributed by atoms with Gasteiger partial charge in [0.25, 0.3) is 0 Å². The van der Waals surface area contributed by atoms with E-state index in [0.717, 1.165) is 0 Å². The summed E-state index contributed by atoms with van der Waals surface area (Å²) >= 11 is 10.9. The molecule has 0 saturated carbocycles. The molecule has 0 bridgehead atoms. The van der Waals surface area contributed by atoms with Crippen LogP contribution in [0.15, 0.2) is 18.2 Å². The van der Waals surface area contributed by atoms with Gasteiger partial charge in [0, 0.05) is 0 Å². The number of hydrogen-bond donors (Lipinski definition) is 0. The second-order valence-electron chi connectivity index (χ2n) is 1.56. The van der Waals surface area contributed by atoms with Crippen molar-refractivity contribution < 1.29 is 4.39 Å². The maximum Gasteiger partial charge on any atom is 0.124 e. The van der Waals surface area contributed by atoms with Crippen LogP contribution in [0.4, 0.5) is 4.39 Å². The molecule has 0 amide bonds. The van der Waals surface area contributed by atoms with Crippen LogP contribution in [0.3, 0.4) is 0 Å². The minimum atomic E-state index is -0.371. The van der Waals surface area contributed by atoms with Crippen LogP contribution in [0.1, 0.15) is 0 Å². The normalized spacial score (nSPS) is 7.91. The Labute approximate surface area is 86.5 Å². The molecule has 0 N–H and O–H groups in total. The molecule has 0 atom stereocenters. The Morgan fingerprint density at radius 2 is 1.55 bits per heavy atom. The maximum absolute atomic E-state index is 12.2. The van der Waals surface area contributed by atoms with Crippen LogP contribution in [0.2, 0.25) is 10.0 Å². The zero-order valence-corrected chi connectivity index (χ0v) is 8.33. The summed E-state index contributed by atoms with van der Waals surface area (Å²) < 4.78 is 12.2. The van der Waals surface area contributed by atoms with Gasteiger partial charge in [0.05, 0.1) is 10.0 Å². The van der Waals surface area contributed by atoms with E-state index in [1.165, 1.54) is 18.2 Å². The van der Waals surface area contributed by atoms with Crippen LogP contribution < -0.4 is 0 Å².